The van der Waals surface area contributed by atoms with E-state index in [-0.39, 0.29) is 30.8 Å². The van der Waals surface area contributed by atoms with E-state index in [2.05, 4.69) is 5.32 Å². The van der Waals surface area contributed by atoms with Crippen LogP contribution in [0.25, 0.3) is 0 Å². The van der Waals surface area contributed by atoms with Crippen LogP contribution < -0.4 is 5.32 Å². The molecule has 184 valence electrons. The normalized spacial score (nSPS) is 12.6. The van der Waals surface area contributed by atoms with E-state index in [1.807, 2.05) is 100 Å². The number of benzene rings is 3. The molecule has 4 nitrogen and oxygen atoms in total. The molecular weight excluding hydrogens is 456 g/mol. The summed E-state index contributed by atoms with van der Waals surface area (Å²) in [4.78, 5) is 29.2. The van der Waals surface area contributed by atoms with E-state index in [4.69, 9.17) is 11.6 Å². The van der Waals surface area contributed by atoms with Crippen molar-refractivity contribution >= 4 is 23.4 Å². The van der Waals surface area contributed by atoms with E-state index in [9.17, 15) is 9.59 Å². The van der Waals surface area contributed by atoms with Gasteiger partial charge in [-0.05, 0) is 55.5 Å². The zero-order valence-electron chi connectivity index (χ0n) is 21.1. The van der Waals surface area contributed by atoms with Crippen molar-refractivity contribution in [2.45, 2.75) is 65.6 Å². The fourth-order valence-corrected chi connectivity index (χ4v) is 4.26. The van der Waals surface area contributed by atoms with Gasteiger partial charge in [0.25, 0.3) is 0 Å². The van der Waals surface area contributed by atoms with Gasteiger partial charge in [0, 0.05) is 24.0 Å². The van der Waals surface area contributed by atoms with E-state index in [1.165, 1.54) is 0 Å². The Hall–Kier alpha value is -3.11. The Morgan fingerprint density at radius 2 is 1.63 bits per heavy atom. The molecule has 0 unspecified atom stereocenters. The molecule has 0 aliphatic rings. The van der Waals surface area contributed by atoms with Gasteiger partial charge >= 0.3 is 0 Å². The lowest BCUT2D eigenvalue weighted by molar-refractivity contribution is -0.141. The minimum Gasteiger partial charge on any atom is -0.352 e. The van der Waals surface area contributed by atoms with Gasteiger partial charge in [0.1, 0.15) is 6.04 Å². The minimum absolute atomic E-state index is 0.0112. The first-order chi connectivity index (χ1) is 16.8. The average Bonchev–Trinajstić information content (AvgIpc) is 2.85. The fourth-order valence-electron chi connectivity index (χ4n) is 4.06. The van der Waals surface area contributed by atoms with Crippen LogP contribution in [0.15, 0.2) is 72.8 Å². The van der Waals surface area contributed by atoms with Gasteiger partial charge in [0.2, 0.25) is 11.8 Å². The Morgan fingerprint density at radius 3 is 2.31 bits per heavy atom. The number of hydrogen-bond donors (Lipinski definition) is 1. The topological polar surface area (TPSA) is 49.4 Å². The molecule has 5 heteroatoms. The Morgan fingerprint density at radius 1 is 0.943 bits per heavy atom. The van der Waals surface area contributed by atoms with Gasteiger partial charge in [0.15, 0.2) is 0 Å². The average molecular weight is 491 g/mol. The second-order valence-corrected chi connectivity index (χ2v) is 9.65. The lowest BCUT2D eigenvalue weighted by atomic mass is 9.99. The third-order valence-corrected chi connectivity index (χ3v) is 6.79. The summed E-state index contributed by atoms with van der Waals surface area (Å²) in [5, 5.41) is 3.69. The maximum Gasteiger partial charge on any atom is 0.243 e. The number of halogens is 1. The van der Waals surface area contributed by atoms with Gasteiger partial charge in [-0.3, -0.25) is 9.59 Å². The largest absolute Gasteiger partial charge is 0.352 e. The highest BCUT2D eigenvalue weighted by Crippen LogP contribution is 2.22. The van der Waals surface area contributed by atoms with Gasteiger partial charge < -0.3 is 10.2 Å². The smallest absolute Gasteiger partial charge is 0.243 e. The summed E-state index contributed by atoms with van der Waals surface area (Å²) in [5.41, 5.74) is 4.95. The van der Waals surface area contributed by atoms with Crippen LogP contribution in [0.1, 0.15) is 48.1 Å². The van der Waals surface area contributed by atoms with Gasteiger partial charge in [-0.15, -0.1) is 0 Å². The molecule has 0 bridgehead atoms. The number of nitrogens with one attached hydrogen (secondary N) is 1. The van der Waals surface area contributed by atoms with E-state index in [1.54, 1.807) is 4.90 Å². The van der Waals surface area contributed by atoms with E-state index < -0.39 is 6.04 Å². The summed E-state index contributed by atoms with van der Waals surface area (Å²) in [6.07, 6.45) is 1.46. The molecule has 0 aliphatic heterocycles. The molecule has 3 aromatic rings. The Kier molecular flexibility index (Phi) is 9.50. The number of aryl methyl sites for hydroxylation is 2. The molecule has 0 radical (unpaired) electrons. The second kappa shape index (κ2) is 12.6. The van der Waals surface area contributed by atoms with Crippen LogP contribution >= 0.6 is 11.6 Å². The predicted molar refractivity (Wildman–Crippen MR) is 143 cm³/mol. The van der Waals surface area contributed by atoms with Gasteiger partial charge in [-0.1, -0.05) is 90.8 Å². The third-order valence-electron chi connectivity index (χ3n) is 6.42. The molecule has 2 atom stereocenters. The number of amides is 2. The minimum atomic E-state index is -0.666. The van der Waals surface area contributed by atoms with Crippen molar-refractivity contribution in [2.75, 3.05) is 0 Å². The van der Waals surface area contributed by atoms with Crippen LogP contribution in [0, 0.1) is 13.8 Å². The van der Waals surface area contributed by atoms with Crippen LogP contribution in [-0.2, 0) is 29.0 Å². The van der Waals surface area contributed by atoms with Crippen LogP contribution in [0.4, 0.5) is 0 Å². The molecule has 0 heterocycles. The van der Waals surface area contributed by atoms with E-state index in [0.717, 1.165) is 34.2 Å². The highest BCUT2D eigenvalue weighted by molar-refractivity contribution is 6.31. The van der Waals surface area contributed by atoms with E-state index in [0.29, 0.717) is 11.4 Å². The molecule has 3 aromatic carbocycles. The van der Waals surface area contributed by atoms with Crippen molar-refractivity contribution in [1.82, 2.24) is 10.2 Å². The highest BCUT2D eigenvalue weighted by atomic mass is 35.5. The predicted octanol–water partition coefficient (Wildman–Crippen LogP) is 6.05. The first-order valence-electron chi connectivity index (χ1n) is 12.2. The van der Waals surface area contributed by atoms with E-state index >= 15 is 0 Å². The Balaban J connectivity index is 2.01. The summed E-state index contributed by atoms with van der Waals surface area (Å²) >= 11 is 6.49. The maximum atomic E-state index is 13.9. The number of hydrogen-bond acceptors (Lipinski definition) is 2. The molecule has 3 rings (SSSR count). The van der Waals surface area contributed by atoms with Crippen LogP contribution in [0.5, 0.6) is 0 Å². The zero-order valence-corrected chi connectivity index (χ0v) is 21.8. The van der Waals surface area contributed by atoms with Crippen molar-refractivity contribution in [3.05, 3.63) is 106 Å². The van der Waals surface area contributed by atoms with Gasteiger partial charge in [-0.2, -0.15) is 0 Å². The number of nitrogens with zero attached hydrogens (tertiary/aromatic N) is 1. The van der Waals surface area contributed by atoms with Gasteiger partial charge in [0.05, 0.1) is 6.42 Å². The number of carbonyl (C=O) groups is 2. The molecule has 0 saturated heterocycles. The van der Waals surface area contributed by atoms with Crippen molar-refractivity contribution in [1.29, 1.82) is 0 Å². The Labute approximate surface area is 214 Å². The van der Waals surface area contributed by atoms with Crippen LogP contribution in [0.3, 0.4) is 0 Å². The summed E-state index contributed by atoms with van der Waals surface area (Å²) in [7, 11) is 0. The third kappa shape index (κ3) is 7.43. The summed E-state index contributed by atoms with van der Waals surface area (Å²) in [5.74, 6) is -0.247. The SMILES string of the molecule is CC[C@H](C)NC(=O)[C@@H](Cc1ccccc1)N(Cc1ccccc1Cl)C(=O)Cc1cc(C)ccc1C. The monoisotopic (exact) mass is 490 g/mol. The molecule has 0 aromatic heterocycles. The lowest BCUT2D eigenvalue weighted by Gasteiger charge is -2.33. The number of rotatable bonds is 10. The van der Waals surface area contributed by atoms with Crippen molar-refractivity contribution < 1.29 is 9.59 Å². The first kappa shape index (κ1) is 26.5. The molecule has 0 aliphatic carbocycles. The van der Waals surface area contributed by atoms with Gasteiger partial charge in [-0.25, -0.2) is 0 Å². The molecule has 35 heavy (non-hydrogen) atoms. The zero-order chi connectivity index (χ0) is 25.4. The maximum absolute atomic E-state index is 13.9. The summed E-state index contributed by atoms with van der Waals surface area (Å²) in [6.45, 7) is 8.30. The number of carbonyl (C=O) groups excluding carboxylic acids is 2. The molecule has 0 fully saturated rings. The molecule has 0 spiro atoms. The van der Waals surface area contributed by atoms with Crippen molar-refractivity contribution in [3.63, 3.8) is 0 Å². The summed E-state index contributed by atoms with van der Waals surface area (Å²) in [6, 6.07) is 22.8. The van der Waals surface area contributed by atoms with Crippen molar-refractivity contribution in [3.8, 4) is 0 Å². The lowest BCUT2D eigenvalue weighted by Crippen LogP contribution is -2.52. The second-order valence-electron chi connectivity index (χ2n) is 9.24. The van der Waals surface area contributed by atoms with Crippen LogP contribution in [0.2, 0.25) is 5.02 Å². The molecule has 0 saturated carbocycles. The first-order valence-corrected chi connectivity index (χ1v) is 12.6. The standard InChI is InChI=1S/C30H35ClN2O2/c1-5-23(4)32-30(35)28(18-24-11-7-6-8-12-24)33(20-25-13-9-10-14-27(25)31)29(34)19-26-17-21(2)15-16-22(26)3/h6-17,23,28H,5,18-20H2,1-4H3,(H,32,35)/t23-,28+/m0/s1. The Bertz CT molecular complexity index is 1150. The molecule has 2 amide bonds. The fraction of sp³-hybridized carbons (Fsp3) is 0.333. The molecule has 1 N–H and O–H groups in total. The molecular formula is C30H35ClN2O2. The van der Waals surface area contributed by atoms with Crippen LogP contribution in [-0.4, -0.2) is 28.8 Å². The summed E-state index contributed by atoms with van der Waals surface area (Å²) < 4.78 is 0. The van der Waals surface area contributed by atoms with Crippen molar-refractivity contribution in [2.24, 2.45) is 0 Å². The quantitative estimate of drug-likeness (QED) is 0.376. The highest BCUT2D eigenvalue weighted by Gasteiger charge is 2.31.